The highest BCUT2D eigenvalue weighted by molar-refractivity contribution is 6.34. The van der Waals surface area contributed by atoms with Gasteiger partial charge in [-0.25, -0.2) is 4.98 Å². The zero-order valence-corrected chi connectivity index (χ0v) is 25.4. The molecular weight excluding hydrogens is 586 g/mol. The predicted octanol–water partition coefficient (Wildman–Crippen LogP) is 6.40. The molecule has 0 bridgehead atoms. The summed E-state index contributed by atoms with van der Waals surface area (Å²) in [6.45, 7) is 2.57. The van der Waals surface area contributed by atoms with E-state index in [1.54, 1.807) is 35.6 Å². The number of aromatic nitrogens is 5. The minimum Gasteiger partial charge on any atom is -0.480 e. The molecule has 45 heavy (non-hydrogen) atoms. The number of fused-ring (bicyclic) bond motifs is 3. The predicted molar refractivity (Wildman–Crippen MR) is 171 cm³/mol. The molecule has 0 fully saturated rings. The summed E-state index contributed by atoms with van der Waals surface area (Å²) in [5.41, 5.74) is 7.02. The smallest absolute Gasteiger partial charge is 0.253 e. The fourth-order valence-electron chi connectivity index (χ4n) is 6.43. The van der Waals surface area contributed by atoms with Crippen LogP contribution in [-0.2, 0) is 18.5 Å². The number of rotatable bonds is 6. The highest BCUT2D eigenvalue weighted by atomic mass is 35.5. The zero-order chi connectivity index (χ0) is 31.1. The van der Waals surface area contributed by atoms with Crippen molar-refractivity contribution in [3.05, 3.63) is 125 Å². The van der Waals surface area contributed by atoms with Crippen LogP contribution in [0.1, 0.15) is 39.2 Å². The number of nitrogens with zero attached hydrogens (tertiary/aromatic N) is 6. The number of amides is 1. The summed E-state index contributed by atoms with van der Waals surface area (Å²) in [6, 6.07) is 25.8. The van der Waals surface area contributed by atoms with E-state index in [0.29, 0.717) is 41.4 Å². The van der Waals surface area contributed by atoms with Gasteiger partial charge in [0.2, 0.25) is 5.88 Å². The number of carbonyl (C=O) groups excluding carboxylic acids is 1. The van der Waals surface area contributed by atoms with Gasteiger partial charge < -0.3 is 14.6 Å². The average Bonchev–Trinajstić information content (AvgIpc) is 3.71. The third-order valence-electron chi connectivity index (χ3n) is 8.59. The second-order valence-corrected chi connectivity index (χ2v) is 11.7. The Morgan fingerprint density at radius 3 is 2.60 bits per heavy atom. The van der Waals surface area contributed by atoms with Crippen molar-refractivity contribution in [2.24, 2.45) is 0 Å². The molecule has 0 saturated carbocycles. The van der Waals surface area contributed by atoms with Crippen molar-refractivity contribution in [3.8, 4) is 28.8 Å². The van der Waals surface area contributed by atoms with Gasteiger partial charge in [0.25, 0.3) is 5.91 Å². The standard InChI is InChI=1S/C35H28ClN7O2/c1-22-8-11-30-28(14-22)32(24-15-23(17-37)34(45-2)38-18-24)31-12-13-35(19-43(30)31,25-6-4-3-5-7-25)41-33(44)27-10-9-26(16-29(27)36)42-20-39-40-21-42/h3-11,14-16,18,20-21H,12-13,19H2,1-2H3,(H,41,44)/t35-/m1/s1. The van der Waals surface area contributed by atoms with E-state index in [9.17, 15) is 10.1 Å². The van der Waals surface area contributed by atoms with E-state index in [1.807, 2.05) is 30.3 Å². The molecule has 0 spiro atoms. The Labute approximate surface area is 264 Å². The van der Waals surface area contributed by atoms with Gasteiger partial charge in [0, 0.05) is 39.6 Å². The molecule has 1 atom stereocenters. The topological polar surface area (TPSA) is 111 Å². The molecule has 1 amide bonds. The summed E-state index contributed by atoms with van der Waals surface area (Å²) >= 11 is 6.68. The molecule has 7 rings (SSSR count). The Balaban J connectivity index is 1.33. The number of aryl methyl sites for hydroxylation is 1. The number of methoxy groups -OCH3 is 1. The number of halogens is 1. The van der Waals surface area contributed by atoms with E-state index in [2.05, 4.69) is 68.4 Å². The molecule has 0 unspecified atom stereocenters. The maximum Gasteiger partial charge on any atom is 0.253 e. The van der Waals surface area contributed by atoms with Crippen molar-refractivity contribution in [1.82, 2.24) is 29.6 Å². The summed E-state index contributed by atoms with van der Waals surface area (Å²) < 4.78 is 9.35. The highest BCUT2D eigenvalue weighted by Crippen LogP contribution is 2.43. The number of pyridine rings is 1. The number of hydrogen-bond acceptors (Lipinski definition) is 6. The van der Waals surface area contributed by atoms with Crippen molar-refractivity contribution >= 4 is 28.4 Å². The van der Waals surface area contributed by atoms with Gasteiger partial charge in [-0.15, -0.1) is 10.2 Å². The quantitative estimate of drug-likeness (QED) is 0.233. The van der Waals surface area contributed by atoms with Crippen molar-refractivity contribution in [2.75, 3.05) is 7.11 Å². The summed E-state index contributed by atoms with van der Waals surface area (Å²) in [6.07, 6.45) is 6.25. The van der Waals surface area contributed by atoms with Gasteiger partial charge in [-0.1, -0.05) is 53.6 Å². The Hall–Kier alpha value is -5.46. The van der Waals surface area contributed by atoms with Crippen LogP contribution in [0.25, 0.3) is 27.7 Å². The lowest BCUT2D eigenvalue weighted by molar-refractivity contribution is 0.0868. The van der Waals surface area contributed by atoms with Gasteiger partial charge in [-0.2, -0.15) is 5.26 Å². The minimum atomic E-state index is -0.717. The first-order valence-corrected chi connectivity index (χ1v) is 14.9. The van der Waals surface area contributed by atoms with Crippen molar-refractivity contribution in [2.45, 2.75) is 31.8 Å². The second kappa shape index (κ2) is 11.2. The second-order valence-electron chi connectivity index (χ2n) is 11.3. The van der Waals surface area contributed by atoms with E-state index in [4.69, 9.17) is 16.3 Å². The minimum absolute atomic E-state index is 0.256. The monoisotopic (exact) mass is 613 g/mol. The van der Waals surface area contributed by atoms with E-state index >= 15 is 0 Å². The fourth-order valence-corrected chi connectivity index (χ4v) is 6.69. The van der Waals surface area contributed by atoms with E-state index in [0.717, 1.165) is 44.5 Å². The Kier molecular flexibility index (Phi) is 7.07. The zero-order valence-electron chi connectivity index (χ0n) is 24.7. The first kappa shape index (κ1) is 28.3. The maximum absolute atomic E-state index is 14.0. The van der Waals surface area contributed by atoms with Crippen LogP contribution < -0.4 is 10.1 Å². The molecule has 9 nitrogen and oxygen atoms in total. The van der Waals surface area contributed by atoms with Crippen LogP contribution in [0.2, 0.25) is 5.02 Å². The number of hydrogen-bond donors (Lipinski definition) is 1. The lowest BCUT2D eigenvalue weighted by atomic mass is 9.81. The number of ether oxygens (including phenoxy) is 1. The molecule has 1 N–H and O–H groups in total. The van der Waals surface area contributed by atoms with E-state index < -0.39 is 5.54 Å². The van der Waals surface area contributed by atoms with Crippen LogP contribution in [-0.4, -0.2) is 37.3 Å². The summed E-state index contributed by atoms with van der Waals surface area (Å²) in [7, 11) is 1.51. The Bertz CT molecular complexity index is 2120. The van der Waals surface area contributed by atoms with Gasteiger partial charge in [0.1, 0.15) is 24.3 Å². The van der Waals surface area contributed by atoms with Crippen molar-refractivity contribution in [3.63, 3.8) is 0 Å². The van der Waals surface area contributed by atoms with Gasteiger partial charge in [-0.05, 0) is 61.7 Å². The Morgan fingerprint density at radius 2 is 1.87 bits per heavy atom. The summed E-state index contributed by atoms with van der Waals surface area (Å²) in [5, 5.41) is 22.3. The summed E-state index contributed by atoms with van der Waals surface area (Å²) in [5.74, 6) is 0.0437. The fraction of sp³-hybridized carbons (Fsp3) is 0.171. The number of carbonyl (C=O) groups is 1. The first-order chi connectivity index (χ1) is 21.9. The van der Waals surface area contributed by atoms with Gasteiger partial charge >= 0.3 is 0 Å². The van der Waals surface area contributed by atoms with Crippen LogP contribution in [0.15, 0.2) is 91.6 Å². The normalized spacial score (nSPS) is 15.8. The molecule has 0 aliphatic carbocycles. The highest BCUT2D eigenvalue weighted by Gasteiger charge is 2.40. The molecular formula is C35H28ClN7O2. The van der Waals surface area contributed by atoms with Crippen LogP contribution in [0.3, 0.4) is 0 Å². The molecule has 0 saturated heterocycles. The number of benzene rings is 3. The van der Waals surface area contributed by atoms with E-state index in [1.165, 1.54) is 7.11 Å². The maximum atomic E-state index is 14.0. The van der Waals surface area contributed by atoms with Crippen molar-refractivity contribution in [1.29, 1.82) is 5.26 Å². The molecule has 6 aromatic rings. The lowest BCUT2D eigenvalue weighted by Gasteiger charge is -2.40. The largest absolute Gasteiger partial charge is 0.480 e. The van der Waals surface area contributed by atoms with Gasteiger partial charge in [0.15, 0.2) is 0 Å². The van der Waals surface area contributed by atoms with Gasteiger partial charge in [0.05, 0.1) is 29.8 Å². The number of nitrogens with one attached hydrogen (secondary N) is 1. The van der Waals surface area contributed by atoms with Crippen LogP contribution in [0.4, 0.5) is 0 Å². The van der Waals surface area contributed by atoms with Crippen LogP contribution in [0, 0.1) is 18.3 Å². The molecule has 222 valence electrons. The molecule has 4 heterocycles. The SMILES string of the molecule is COc1ncc(-c2c3n(c4ccc(C)cc24)C[C@@](NC(=O)c2ccc(-n4cnnc4)cc2Cl)(c2ccccc2)CC3)cc1C#N. The number of nitriles is 1. The lowest BCUT2D eigenvalue weighted by Crippen LogP contribution is -2.51. The molecule has 1 aliphatic rings. The Morgan fingerprint density at radius 1 is 1.07 bits per heavy atom. The molecule has 0 radical (unpaired) electrons. The summed E-state index contributed by atoms with van der Waals surface area (Å²) in [4.78, 5) is 18.5. The van der Waals surface area contributed by atoms with Crippen LogP contribution in [0.5, 0.6) is 5.88 Å². The average molecular weight is 614 g/mol. The van der Waals surface area contributed by atoms with Crippen LogP contribution >= 0.6 is 11.6 Å². The first-order valence-electron chi connectivity index (χ1n) is 14.5. The molecule has 3 aromatic heterocycles. The van der Waals surface area contributed by atoms with Crippen molar-refractivity contribution < 1.29 is 9.53 Å². The van der Waals surface area contributed by atoms with Gasteiger partial charge in [-0.3, -0.25) is 9.36 Å². The molecule has 3 aromatic carbocycles. The molecule has 1 aliphatic heterocycles. The molecule has 10 heteroatoms. The van der Waals surface area contributed by atoms with E-state index in [-0.39, 0.29) is 5.91 Å². The third-order valence-corrected chi connectivity index (χ3v) is 8.90. The third kappa shape index (κ3) is 4.89.